The van der Waals surface area contributed by atoms with Crippen molar-refractivity contribution in [1.29, 1.82) is 0 Å². The van der Waals surface area contributed by atoms with Crippen molar-refractivity contribution in [2.45, 2.75) is 84.7 Å². The molecule has 3 N–H and O–H groups in total. The summed E-state index contributed by atoms with van der Waals surface area (Å²) in [6.07, 6.45) is 0.0808. The zero-order valence-corrected chi connectivity index (χ0v) is 26.6. The second kappa shape index (κ2) is 17.8. The molecule has 2 aromatic carbocycles. The van der Waals surface area contributed by atoms with Gasteiger partial charge in [-0.1, -0.05) is 88.4 Å². The molecule has 3 atom stereocenters. The number of nitrogens with zero attached hydrogens (tertiary/aromatic N) is 1. The van der Waals surface area contributed by atoms with Crippen LogP contribution in [0.5, 0.6) is 0 Å². The van der Waals surface area contributed by atoms with Gasteiger partial charge in [0.05, 0.1) is 12.6 Å². The third-order valence-corrected chi connectivity index (χ3v) is 7.32. The molecule has 11 nitrogen and oxygen atoms in total. The molecule has 1 aliphatic heterocycles. The van der Waals surface area contributed by atoms with Crippen LogP contribution < -0.4 is 16.0 Å². The van der Waals surface area contributed by atoms with Crippen molar-refractivity contribution in [3.63, 3.8) is 0 Å². The Hall–Kier alpha value is -4.41. The van der Waals surface area contributed by atoms with Crippen molar-refractivity contribution in [3.8, 4) is 0 Å². The third-order valence-electron chi connectivity index (χ3n) is 7.32. The molecule has 11 heteroatoms. The lowest BCUT2D eigenvalue weighted by Gasteiger charge is -2.27. The number of rotatable bonds is 13. The number of carbonyl (C=O) groups is 5. The Morgan fingerprint density at radius 2 is 1.27 bits per heavy atom. The van der Waals surface area contributed by atoms with Gasteiger partial charge < -0.3 is 30.3 Å². The minimum Gasteiger partial charge on any atom is -0.445 e. The molecular formula is C34H46N4O7. The molecule has 4 amide bonds. The largest absolute Gasteiger partial charge is 0.445 e. The van der Waals surface area contributed by atoms with E-state index in [2.05, 4.69) is 16.0 Å². The summed E-state index contributed by atoms with van der Waals surface area (Å²) < 4.78 is 10.6. The van der Waals surface area contributed by atoms with Gasteiger partial charge in [0.15, 0.2) is 5.78 Å². The van der Waals surface area contributed by atoms with Gasteiger partial charge in [0, 0.05) is 6.54 Å². The number of carbonyl (C=O) groups excluding carboxylic acids is 5. The Morgan fingerprint density at radius 1 is 0.778 bits per heavy atom. The fourth-order valence-electron chi connectivity index (χ4n) is 5.07. The molecule has 3 rings (SSSR count). The van der Waals surface area contributed by atoms with E-state index >= 15 is 0 Å². The number of nitrogens with one attached hydrogen (secondary N) is 3. The third kappa shape index (κ3) is 12.2. The number of hydrogen-bond acceptors (Lipinski definition) is 7. The summed E-state index contributed by atoms with van der Waals surface area (Å²) >= 11 is 0. The van der Waals surface area contributed by atoms with Gasteiger partial charge in [0.1, 0.15) is 25.3 Å². The van der Waals surface area contributed by atoms with Crippen molar-refractivity contribution >= 4 is 29.8 Å². The van der Waals surface area contributed by atoms with E-state index in [9.17, 15) is 24.0 Å². The molecule has 0 unspecified atom stereocenters. The lowest BCUT2D eigenvalue weighted by atomic mass is 10.0. The maximum atomic E-state index is 13.5. The topological polar surface area (TPSA) is 143 Å². The number of benzene rings is 2. The molecule has 2 aromatic rings. The lowest BCUT2D eigenvalue weighted by molar-refractivity contribution is -0.137. The van der Waals surface area contributed by atoms with E-state index in [1.54, 1.807) is 0 Å². The molecule has 244 valence electrons. The first-order valence-electron chi connectivity index (χ1n) is 15.6. The zero-order valence-electron chi connectivity index (χ0n) is 26.6. The van der Waals surface area contributed by atoms with E-state index < -0.39 is 36.2 Å². The number of ether oxygens (including phenoxy) is 2. The Labute approximate surface area is 265 Å². The normalized spacial score (nSPS) is 16.4. The average Bonchev–Trinajstić information content (AvgIpc) is 3.19. The minimum atomic E-state index is -0.899. The standard InChI is InChI=1S/C34H46N4O7/c1-23(2)18-28(36-33(42)44-21-25-12-7-5-8-13-25)31(40)35-27-16-11-17-38(20-30(27)39)32(41)29(19-24(3)4)37-34(43)45-22-26-14-9-6-10-15-26/h5-10,12-15,23-24,27-29H,11,16-22H2,1-4H3,(H,35,40)(H,36,42)(H,37,43)/t27-,28+,29+/m1/s1. The van der Waals surface area contributed by atoms with Gasteiger partial charge in [0.25, 0.3) is 0 Å². The van der Waals surface area contributed by atoms with E-state index in [4.69, 9.17) is 9.47 Å². The average molecular weight is 623 g/mol. The fourth-order valence-corrected chi connectivity index (χ4v) is 5.07. The van der Waals surface area contributed by atoms with Crippen LogP contribution >= 0.6 is 0 Å². The smallest absolute Gasteiger partial charge is 0.408 e. The van der Waals surface area contributed by atoms with Gasteiger partial charge in [-0.3, -0.25) is 14.4 Å². The highest BCUT2D eigenvalue weighted by Gasteiger charge is 2.34. The molecule has 0 saturated carbocycles. The minimum absolute atomic E-state index is 0.0606. The van der Waals surface area contributed by atoms with Crippen LogP contribution in [0.25, 0.3) is 0 Å². The molecule has 1 heterocycles. The van der Waals surface area contributed by atoms with E-state index in [0.717, 1.165) is 11.1 Å². The maximum absolute atomic E-state index is 13.5. The first-order chi connectivity index (χ1) is 21.5. The van der Waals surface area contributed by atoms with Crippen molar-refractivity contribution in [1.82, 2.24) is 20.9 Å². The number of Topliss-reactive ketones (excluding diaryl/α,β-unsaturated/α-hetero) is 1. The van der Waals surface area contributed by atoms with Crippen LogP contribution in [0.1, 0.15) is 64.5 Å². The summed E-state index contributed by atoms with van der Waals surface area (Å²) in [6.45, 7) is 7.95. The van der Waals surface area contributed by atoms with Crippen LogP contribution in [0, 0.1) is 11.8 Å². The highest BCUT2D eigenvalue weighted by molar-refractivity contribution is 5.96. The second-order valence-corrected chi connectivity index (χ2v) is 12.2. The quantitative estimate of drug-likeness (QED) is 0.302. The summed E-state index contributed by atoms with van der Waals surface area (Å²) in [6, 6.07) is 15.8. The van der Waals surface area contributed by atoms with Gasteiger partial charge in [-0.25, -0.2) is 9.59 Å². The number of ketones is 1. The molecule has 0 aromatic heterocycles. The van der Waals surface area contributed by atoms with Gasteiger partial charge in [-0.15, -0.1) is 0 Å². The van der Waals surface area contributed by atoms with Gasteiger partial charge in [0.2, 0.25) is 11.8 Å². The number of alkyl carbamates (subject to hydrolysis) is 2. The lowest BCUT2D eigenvalue weighted by Crippen LogP contribution is -2.54. The fraction of sp³-hybridized carbons (Fsp3) is 0.500. The van der Waals surface area contributed by atoms with Crippen LogP contribution in [0.15, 0.2) is 60.7 Å². The van der Waals surface area contributed by atoms with E-state index in [1.807, 2.05) is 88.4 Å². The van der Waals surface area contributed by atoms with Crippen molar-refractivity contribution < 1.29 is 33.4 Å². The maximum Gasteiger partial charge on any atom is 0.408 e. The zero-order chi connectivity index (χ0) is 32.8. The number of hydrogen-bond donors (Lipinski definition) is 3. The van der Waals surface area contributed by atoms with Gasteiger partial charge in [-0.2, -0.15) is 0 Å². The number of likely N-dealkylation sites (tertiary alicyclic amines) is 1. The first kappa shape index (κ1) is 35.1. The molecular weight excluding hydrogens is 576 g/mol. The molecule has 1 fully saturated rings. The molecule has 0 radical (unpaired) electrons. The van der Waals surface area contributed by atoms with Gasteiger partial charge >= 0.3 is 12.2 Å². The summed E-state index contributed by atoms with van der Waals surface area (Å²) in [5.74, 6) is -1.01. The SMILES string of the molecule is CC(C)C[C@H](NC(=O)OCc1ccccc1)C(=O)N[C@@H]1CCCN(C(=O)[C@H](CC(C)C)NC(=O)OCc2ccccc2)CC1=O. The van der Waals surface area contributed by atoms with Crippen LogP contribution in [-0.2, 0) is 37.1 Å². The molecule has 1 saturated heterocycles. The van der Waals surface area contributed by atoms with E-state index in [1.165, 1.54) is 4.90 Å². The summed E-state index contributed by atoms with van der Waals surface area (Å²) in [5.41, 5.74) is 1.64. The summed E-state index contributed by atoms with van der Waals surface area (Å²) in [4.78, 5) is 66.6. The molecule has 45 heavy (non-hydrogen) atoms. The predicted molar refractivity (Wildman–Crippen MR) is 169 cm³/mol. The molecule has 0 bridgehead atoms. The van der Waals surface area contributed by atoms with Crippen LogP contribution in [-0.4, -0.2) is 65.9 Å². The monoisotopic (exact) mass is 622 g/mol. The van der Waals surface area contributed by atoms with Crippen molar-refractivity contribution in [2.24, 2.45) is 11.8 Å². The second-order valence-electron chi connectivity index (χ2n) is 12.2. The molecule has 0 spiro atoms. The summed E-state index contributed by atoms with van der Waals surface area (Å²) in [7, 11) is 0. The summed E-state index contributed by atoms with van der Waals surface area (Å²) in [5, 5.41) is 8.11. The van der Waals surface area contributed by atoms with Crippen molar-refractivity contribution in [3.05, 3.63) is 71.8 Å². The van der Waals surface area contributed by atoms with Gasteiger partial charge in [-0.05, 0) is 48.6 Å². The molecule has 1 aliphatic rings. The van der Waals surface area contributed by atoms with Crippen LogP contribution in [0.4, 0.5) is 9.59 Å². The van der Waals surface area contributed by atoms with Crippen LogP contribution in [0.3, 0.4) is 0 Å². The highest BCUT2D eigenvalue weighted by atomic mass is 16.6. The Kier molecular flexibility index (Phi) is 13.9. The first-order valence-corrected chi connectivity index (χ1v) is 15.6. The van der Waals surface area contributed by atoms with Crippen LogP contribution in [0.2, 0.25) is 0 Å². The molecule has 0 aliphatic carbocycles. The van der Waals surface area contributed by atoms with E-state index in [-0.39, 0.29) is 43.3 Å². The van der Waals surface area contributed by atoms with Crippen molar-refractivity contribution in [2.75, 3.05) is 13.1 Å². The predicted octanol–water partition coefficient (Wildman–Crippen LogP) is 4.34. The highest BCUT2D eigenvalue weighted by Crippen LogP contribution is 2.15. The Bertz CT molecular complexity index is 1270. The number of amides is 4. The Morgan fingerprint density at radius 3 is 1.78 bits per heavy atom. The Balaban J connectivity index is 1.57. The van der Waals surface area contributed by atoms with E-state index in [0.29, 0.717) is 32.2 Å².